The van der Waals surface area contributed by atoms with Gasteiger partial charge in [-0.05, 0) is 67.7 Å². The van der Waals surface area contributed by atoms with E-state index in [2.05, 4.69) is 0 Å². The smallest absolute Gasteiger partial charge is 0.172 e. The number of carbonyl (C=O) groups excluding carboxylic acids is 1. The second-order valence-electron chi connectivity index (χ2n) is 8.21. The van der Waals surface area contributed by atoms with Gasteiger partial charge in [0.15, 0.2) is 5.78 Å². The maximum absolute atomic E-state index is 13.4. The van der Waals surface area contributed by atoms with Crippen molar-refractivity contribution in [1.29, 1.82) is 0 Å². The first-order chi connectivity index (χ1) is 11.1. The molecular formula is C21H22O2. The molecule has 4 bridgehead atoms. The number of rotatable bonds is 2. The maximum atomic E-state index is 13.4. The molecule has 0 amide bonds. The standard InChI is InChI=1S/C21H22O2/c22-19-17-4-2-1-3-16(17)5-6-18(19)20(23)21-10-13-7-14(11-21)9-15(8-13)12-21/h1-6,13-15,22H,7-12H2. The lowest BCUT2D eigenvalue weighted by Crippen LogP contribution is -2.50. The van der Waals surface area contributed by atoms with E-state index in [0.29, 0.717) is 5.56 Å². The van der Waals surface area contributed by atoms with Gasteiger partial charge in [-0.1, -0.05) is 30.3 Å². The van der Waals surface area contributed by atoms with Crippen LogP contribution in [0.15, 0.2) is 36.4 Å². The summed E-state index contributed by atoms with van der Waals surface area (Å²) in [6.07, 6.45) is 7.13. The van der Waals surface area contributed by atoms with E-state index in [1.165, 1.54) is 19.3 Å². The molecule has 0 aliphatic heterocycles. The van der Waals surface area contributed by atoms with E-state index >= 15 is 0 Å². The quantitative estimate of drug-likeness (QED) is 0.798. The van der Waals surface area contributed by atoms with Crippen molar-refractivity contribution >= 4 is 16.6 Å². The van der Waals surface area contributed by atoms with Crippen molar-refractivity contribution in [2.24, 2.45) is 23.2 Å². The van der Waals surface area contributed by atoms with Crippen molar-refractivity contribution < 1.29 is 9.90 Å². The topological polar surface area (TPSA) is 37.3 Å². The van der Waals surface area contributed by atoms with E-state index in [4.69, 9.17) is 0 Å². The molecule has 2 nitrogen and oxygen atoms in total. The van der Waals surface area contributed by atoms with Crippen molar-refractivity contribution in [2.45, 2.75) is 38.5 Å². The molecule has 2 heteroatoms. The van der Waals surface area contributed by atoms with Crippen LogP contribution in [-0.2, 0) is 0 Å². The number of hydrogen-bond donors (Lipinski definition) is 1. The van der Waals surface area contributed by atoms with Crippen molar-refractivity contribution in [1.82, 2.24) is 0 Å². The van der Waals surface area contributed by atoms with E-state index in [-0.39, 0.29) is 16.9 Å². The lowest BCUT2D eigenvalue weighted by atomic mass is 9.48. The van der Waals surface area contributed by atoms with Gasteiger partial charge in [-0.25, -0.2) is 0 Å². The molecule has 0 spiro atoms. The molecule has 4 saturated carbocycles. The Bertz CT molecular complexity index is 769. The SMILES string of the molecule is O=C(c1ccc2ccccc2c1O)C12CC3CC(CC(C3)C1)C2. The van der Waals surface area contributed by atoms with Gasteiger partial charge in [-0.15, -0.1) is 0 Å². The highest BCUT2D eigenvalue weighted by Crippen LogP contribution is 2.61. The average molecular weight is 306 g/mol. The molecule has 4 aliphatic rings. The molecule has 1 N–H and O–H groups in total. The van der Waals surface area contributed by atoms with Gasteiger partial charge in [0.25, 0.3) is 0 Å². The fraction of sp³-hybridized carbons (Fsp3) is 0.476. The summed E-state index contributed by atoms with van der Waals surface area (Å²) in [5.74, 6) is 2.62. The summed E-state index contributed by atoms with van der Waals surface area (Å²) in [5.41, 5.74) is 0.361. The number of aromatic hydroxyl groups is 1. The number of benzene rings is 2. The van der Waals surface area contributed by atoms with Crippen LogP contribution in [0.2, 0.25) is 0 Å². The number of fused-ring (bicyclic) bond motifs is 1. The molecular weight excluding hydrogens is 284 g/mol. The Balaban J connectivity index is 1.60. The molecule has 23 heavy (non-hydrogen) atoms. The highest BCUT2D eigenvalue weighted by atomic mass is 16.3. The first-order valence-electron chi connectivity index (χ1n) is 8.90. The van der Waals surface area contributed by atoms with E-state index in [1.807, 2.05) is 36.4 Å². The van der Waals surface area contributed by atoms with E-state index in [9.17, 15) is 9.90 Å². The third kappa shape index (κ3) is 1.90. The lowest BCUT2D eigenvalue weighted by molar-refractivity contribution is -0.0354. The summed E-state index contributed by atoms with van der Waals surface area (Å²) in [5, 5.41) is 12.5. The van der Waals surface area contributed by atoms with Crippen molar-refractivity contribution in [3.05, 3.63) is 42.0 Å². The van der Waals surface area contributed by atoms with Crippen LogP contribution in [-0.4, -0.2) is 10.9 Å². The summed E-state index contributed by atoms with van der Waals surface area (Å²) in [4.78, 5) is 13.4. The predicted molar refractivity (Wildman–Crippen MR) is 90.5 cm³/mol. The van der Waals surface area contributed by atoms with Gasteiger partial charge in [-0.3, -0.25) is 4.79 Å². The molecule has 2 aromatic rings. The van der Waals surface area contributed by atoms with Crippen LogP contribution in [0.5, 0.6) is 5.75 Å². The van der Waals surface area contributed by atoms with Crippen LogP contribution in [0.25, 0.3) is 10.8 Å². The number of carbonyl (C=O) groups is 1. The number of ketones is 1. The number of phenols is 1. The Kier molecular flexibility index (Phi) is 2.72. The van der Waals surface area contributed by atoms with Crippen LogP contribution >= 0.6 is 0 Å². The second kappa shape index (κ2) is 4.59. The van der Waals surface area contributed by atoms with Crippen molar-refractivity contribution in [2.75, 3.05) is 0 Å². The molecule has 0 heterocycles. The van der Waals surface area contributed by atoms with Gasteiger partial charge in [-0.2, -0.15) is 0 Å². The molecule has 2 aromatic carbocycles. The minimum Gasteiger partial charge on any atom is -0.507 e. The molecule has 0 atom stereocenters. The minimum absolute atomic E-state index is 0.184. The maximum Gasteiger partial charge on any atom is 0.172 e. The molecule has 6 rings (SSSR count). The number of phenolic OH excluding ortho intramolecular Hbond substituents is 1. The summed E-state index contributed by atoms with van der Waals surface area (Å²) in [6, 6.07) is 11.6. The Morgan fingerprint density at radius 3 is 2.17 bits per heavy atom. The third-order valence-corrected chi connectivity index (χ3v) is 6.67. The lowest BCUT2D eigenvalue weighted by Gasteiger charge is -2.56. The Morgan fingerprint density at radius 2 is 1.52 bits per heavy atom. The fourth-order valence-corrected chi connectivity index (χ4v) is 6.11. The molecule has 4 fully saturated rings. The van der Waals surface area contributed by atoms with E-state index in [0.717, 1.165) is 47.8 Å². The largest absolute Gasteiger partial charge is 0.507 e. The molecule has 0 radical (unpaired) electrons. The molecule has 0 unspecified atom stereocenters. The van der Waals surface area contributed by atoms with Gasteiger partial charge in [0.2, 0.25) is 0 Å². The monoisotopic (exact) mass is 306 g/mol. The normalized spacial score (nSPS) is 34.9. The first kappa shape index (κ1) is 13.6. The summed E-state index contributed by atoms with van der Waals surface area (Å²) < 4.78 is 0. The Hall–Kier alpha value is -1.83. The highest BCUT2D eigenvalue weighted by Gasteiger charge is 2.54. The van der Waals surface area contributed by atoms with Gasteiger partial charge in [0.1, 0.15) is 5.75 Å². The Labute approximate surface area is 136 Å². The zero-order valence-electron chi connectivity index (χ0n) is 13.3. The van der Waals surface area contributed by atoms with Gasteiger partial charge in [0, 0.05) is 10.8 Å². The summed E-state index contributed by atoms with van der Waals surface area (Å²) in [7, 11) is 0. The van der Waals surface area contributed by atoms with Crippen LogP contribution in [0, 0.1) is 23.2 Å². The zero-order chi connectivity index (χ0) is 15.6. The van der Waals surface area contributed by atoms with Gasteiger partial charge in [0.05, 0.1) is 5.56 Å². The Morgan fingerprint density at radius 1 is 0.913 bits per heavy atom. The molecule has 4 aliphatic carbocycles. The van der Waals surface area contributed by atoms with Crippen LogP contribution < -0.4 is 0 Å². The summed E-state index contributed by atoms with van der Waals surface area (Å²) in [6.45, 7) is 0. The molecule has 0 aromatic heterocycles. The average Bonchev–Trinajstić information content (AvgIpc) is 2.54. The number of Topliss-reactive ketones (excluding diaryl/α,β-unsaturated/α-hetero) is 1. The zero-order valence-corrected chi connectivity index (χ0v) is 13.3. The predicted octanol–water partition coefficient (Wildman–Crippen LogP) is 4.94. The third-order valence-electron chi connectivity index (χ3n) is 6.67. The summed E-state index contributed by atoms with van der Waals surface area (Å²) >= 11 is 0. The highest BCUT2D eigenvalue weighted by molar-refractivity contribution is 6.07. The van der Waals surface area contributed by atoms with Gasteiger partial charge >= 0.3 is 0 Å². The number of hydrogen-bond acceptors (Lipinski definition) is 2. The first-order valence-corrected chi connectivity index (χ1v) is 8.90. The van der Waals surface area contributed by atoms with Crippen LogP contribution in [0.1, 0.15) is 48.9 Å². The van der Waals surface area contributed by atoms with Crippen LogP contribution in [0.4, 0.5) is 0 Å². The second-order valence-corrected chi connectivity index (χ2v) is 8.21. The minimum atomic E-state index is -0.186. The van der Waals surface area contributed by atoms with Crippen LogP contribution in [0.3, 0.4) is 0 Å². The van der Waals surface area contributed by atoms with Crippen molar-refractivity contribution in [3.63, 3.8) is 0 Å². The van der Waals surface area contributed by atoms with E-state index < -0.39 is 0 Å². The van der Waals surface area contributed by atoms with Gasteiger partial charge < -0.3 is 5.11 Å². The molecule has 118 valence electrons. The van der Waals surface area contributed by atoms with Crippen molar-refractivity contribution in [3.8, 4) is 5.75 Å². The fourth-order valence-electron chi connectivity index (χ4n) is 6.11. The molecule has 0 saturated heterocycles. The van der Waals surface area contributed by atoms with E-state index in [1.54, 1.807) is 0 Å².